The van der Waals surface area contributed by atoms with E-state index in [1.165, 1.54) is 13.0 Å². The summed E-state index contributed by atoms with van der Waals surface area (Å²) < 4.78 is 0. The van der Waals surface area contributed by atoms with Crippen molar-refractivity contribution < 1.29 is 9.72 Å². The van der Waals surface area contributed by atoms with Gasteiger partial charge in [-0.15, -0.1) is 0 Å². The fourth-order valence-electron chi connectivity index (χ4n) is 1.96. The zero-order valence-electron chi connectivity index (χ0n) is 11.5. The van der Waals surface area contributed by atoms with Crippen molar-refractivity contribution in [3.63, 3.8) is 0 Å². The number of anilines is 2. The van der Waals surface area contributed by atoms with Crippen LogP contribution in [0.25, 0.3) is 0 Å². The molecular formula is C15H15N3O3. The molecule has 0 aliphatic heterocycles. The van der Waals surface area contributed by atoms with Gasteiger partial charge in [0, 0.05) is 25.2 Å². The van der Waals surface area contributed by atoms with Crippen LogP contribution in [-0.4, -0.2) is 10.8 Å². The number of para-hydroxylation sites is 3. The first kappa shape index (κ1) is 14.5. The van der Waals surface area contributed by atoms with Gasteiger partial charge < -0.3 is 10.6 Å². The Bertz CT molecular complexity index is 671. The van der Waals surface area contributed by atoms with Gasteiger partial charge >= 0.3 is 0 Å². The van der Waals surface area contributed by atoms with Crippen LogP contribution in [0.5, 0.6) is 0 Å². The van der Waals surface area contributed by atoms with Crippen LogP contribution in [0.3, 0.4) is 0 Å². The van der Waals surface area contributed by atoms with Crippen molar-refractivity contribution in [1.82, 2.24) is 0 Å². The number of nitrogens with zero attached hydrogens (tertiary/aromatic N) is 1. The van der Waals surface area contributed by atoms with E-state index in [0.717, 1.165) is 5.56 Å². The summed E-state index contributed by atoms with van der Waals surface area (Å²) >= 11 is 0. The molecule has 6 heteroatoms. The summed E-state index contributed by atoms with van der Waals surface area (Å²) in [5.41, 5.74) is 2.01. The third-order valence-corrected chi connectivity index (χ3v) is 2.90. The molecule has 0 fully saturated rings. The summed E-state index contributed by atoms with van der Waals surface area (Å²) in [5.74, 6) is -0.159. The normalized spacial score (nSPS) is 9.95. The second kappa shape index (κ2) is 6.51. The van der Waals surface area contributed by atoms with Gasteiger partial charge in [-0.2, -0.15) is 0 Å². The quantitative estimate of drug-likeness (QED) is 0.652. The van der Waals surface area contributed by atoms with Crippen molar-refractivity contribution in [2.24, 2.45) is 0 Å². The van der Waals surface area contributed by atoms with Crippen LogP contribution in [0.15, 0.2) is 48.5 Å². The van der Waals surface area contributed by atoms with E-state index >= 15 is 0 Å². The lowest BCUT2D eigenvalue weighted by Gasteiger charge is -2.11. The molecule has 1 amide bonds. The van der Waals surface area contributed by atoms with Gasteiger partial charge in [0.2, 0.25) is 5.91 Å². The largest absolute Gasteiger partial charge is 0.375 e. The van der Waals surface area contributed by atoms with Crippen LogP contribution in [0.1, 0.15) is 12.5 Å². The Morgan fingerprint density at radius 1 is 1.10 bits per heavy atom. The van der Waals surface area contributed by atoms with Crippen LogP contribution in [0, 0.1) is 10.1 Å². The van der Waals surface area contributed by atoms with Crippen molar-refractivity contribution in [2.75, 3.05) is 10.6 Å². The van der Waals surface area contributed by atoms with E-state index in [4.69, 9.17) is 0 Å². The third-order valence-electron chi connectivity index (χ3n) is 2.90. The topological polar surface area (TPSA) is 84.3 Å². The molecule has 0 aliphatic rings. The maximum absolute atomic E-state index is 11.2. The molecule has 2 aromatic rings. The second-order valence-corrected chi connectivity index (χ2v) is 4.47. The van der Waals surface area contributed by atoms with Crippen molar-refractivity contribution in [2.45, 2.75) is 13.5 Å². The minimum Gasteiger partial charge on any atom is -0.375 e. The SMILES string of the molecule is CC(=O)Nc1ccccc1CNc1ccccc1[N+](=O)[O-]. The highest BCUT2D eigenvalue weighted by atomic mass is 16.6. The molecular weight excluding hydrogens is 270 g/mol. The number of carbonyl (C=O) groups excluding carboxylic acids is 1. The van der Waals surface area contributed by atoms with Crippen LogP contribution in [0.2, 0.25) is 0 Å². The number of nitro benzene ring substituents is 1. The van der Waals surface area contributed by atoms with Gasteiger partial charge in [0.1, 0.15) is 5.69 Å². The van der Waals surface area contributed by atoms with Crippen molar-refractivity contribution >= 4 is 23.0 Å². The molecule has 0 aromatic heterocycles. The Morgan fingerprint density at radius 3 is 2.38 bits per heavy atom. The molecule has 21 heavy (non-hydrogen) atoms. The van der Waals surface area contributed by atoms with Gasteiger partial charge in [0.15, 0.2) is 0 Å². The highest BCUT2D eigenvalue weighted by Gasteiger charge is 2.12. The van der Waals surface area contributed by atoms with Gasteiger partial charge in [-0.1, -0.05) is 30.3 Å². The molecule has 2 rings (SSSR count). The smallest absolute Gasteiger partial charge is 0.292 e. The Balaban J connectivity index is 2.17. The van der Waals surface area contributed by atoms with Crippen LogP contribution in [-0.2, 0) is 11.3 Å². The first-order chi connectivity index (χ1) is 10.1. The highest BCUT2D eigenvalue weighted by Crippen LogP contribution is 2.25. The van der Waals surface area contributed by atoms with E-state index in [2.05, 4.69) is 10.6 Å². The number of nitrogens with one attached hydrogen (secondary N) is 2. The Kier molecular flexibility index (Phi) is 4.50. The molecule has 0 heterocycles. The van der Waals surface area contributed by atoms with E-state index in [-0.39, 0.29) is 11.6 Å². The lowest BCUT2D eigenvalue weighted by Crippen LogP contribution is -2.10. The number of amides is 1. The second-order valence-electron chi connectivity index (χ2n) is 4.47. The number of benzene rings is 2. The molecule has 0 saturated carbocycles. The van der Waals surface area contributed by atoms with Crippen molar-refractivity contribution in [3.05, 3.63) is 64.2 Å². The van der Waals surface area contributed by atoms with E-state index in [9.17, 15) is 14.9 Å². The summed E-state index contributed by atoms with van der Waals surface area (Å²) in [6.45, 7) is 1.81. The molecule has 108 valence electrons. The van der Waals surface area contributed by atoms with Gasteiger partial charge in [-0.05, 0) is 17.7 Å². The molecule has 0 bridgehead atoms. The maximum atomic E-state index is 11.2. The fourth-order valence-corrected chi connectivity index (χ4v) is 1.96. The Morgan fingerprint density at radius 2 is 1.71 bits per heavy atom. The van der Waals surface area contributed by atoms with Gasteiger partial charge in [-0.3, -0.25) is 14.9 Å². The first-order valence-corrected chi connectivity index (χ1v) is 6.40. The standard InChI is InChI=1S/C15H15N3O3/c1-11(19)17-13-7-3-2-6-12(13)10-16-14-8-4-5-9-15(14)18(20)21/h2-9,16H,10H2,1H3,(H,17,19). The van der Waals surface area contributed by atoms with Crippen molar-refractivity contribution in [3.8, 4) is 0 Å². The molecule has 0 saturated heterocycles. The molecule has 0 spiro atoms. The number of carbonyl (C=O) groups is 1. The minimum absolute atomic E-state index is 0.0227. The molecule has 0 aliphatic carbocycles. The summed E-state index contributed by atoms with van der Waals surface area (Å²) in [6, 6.07) is 13.8. The van der Waals surface area contributed by atoms with Gasteiger partial charge in [0.05, 0.1) is 4.92 Å². The molecule has 2 aromatic carbocycles. The highest BCUT2D eigenvalue weighted by molar-refractivity contribution is 5.89. The molecule has 6 nitrogen and oxygen atoms in total. The number of hydrogen-bond acceptors (Lipinski definition) is 4. The number of rotatable bonds is 5. The average Bonchev–Trinajstić information content (AvgIpc) is 2.46. The minimum atomic E-state index is -0.429. The van der Waals surface area contributed by atoms with Crippen LogP contribution >= 0.6 is 0 Å². The average molecular weight is 285 g/mol. The van der Waals surface area contributed by atoms with E-state index in [0.29, 0.717) is 17.9 Å². The fraction of sp³-hybridized carbons (Fsp3) is 0.133. The zero-order chi connectivity index (χ0) is 15.2. The lowest BCUT2D eigenvalue weighted by atomic mass is 10.1. The monoisotopic (exact) mass is 285 g/mol. The van der Waals surface area contributed by atoms with Gasteiger partial charge in [-0.25, -0.2) is 0 Å². The third kappa shape index (κ3) is 3.79. The number of hydrogen-bond donors (Lipinski definition) is 2. The molecule has 0 unspecified atom stereocenters. The maximum Gasteiger partial charge on any atom is 0.292 e. The van der Waals surface area contributed by atoms with Crippen LogP contribution < -0.4 is 10.6 Å². The molecule has 0 atom stereocenters. The predicted molar refractivity (Wildman–Crippen MR) is 81.2 cm³/mol. The molecule has 2 N–H and O–H groups in total. The van der Waals surface area contributed by atoms with Gasteiger partial charge in [0.25, 0.3) is 5.69 Å². The predicted octanol–water partition coefficient (Wildman–Crippen LogP) is 3.17. The van der Waals surface area contributed by atoms with E-state index in [1.807, 2.05) is 18.2 Å². The zero-order valence-corrected chi connectivity index (χ0v) is 11.5. The summed E-state index contributed by atoms with van der Waals surface area (Å²) in [7, 11) is 0. The number of nitro groups is 1. The van der Waals surface area contributed by atoms with E-state index < -0.39 is 4.92 Å². The van der Waals surface area contributed by atoms with E-state index in [1.54, 1.807) is 24.3 Å². The van der Waals surface area contributed by atoms with Crippen LogP contribution in [0.4, 0.5) is 17.1 Å². The lowest BCUT2D eigenvalue weighted by molar-refractivity contribution is -0.384. The Hall–Kier alpha value is -2.89. The summed E-state index contributed by atoms with van der Waals surface area (Å²) in [5, 5.41) is 16.7. The summed E-state index contributed by atoms with van der Waals surface area (Å²) in [6.07, 6.45) is 0. The first-order valence-electron chi connectivity index (χ1n) is 6.40. The molecule has 0 radical (unpaired) electrons. The summed E-state index contributed by atoms with van der Waals surface area (Å²) in [4.78, 5) is 21.7. The van der Waals surface area contributed by atoms with Crippen molar-refractivity contribution in [1.29, 1.82) is 0 Å². The Labute approximate surface area is 121 Å².